The van der Waals surface area contributed by atoms with Gasteiger partial charge in [-0.25, -0.2) is 0 Å². The molecule has 1 amide bonds. The molecule has 0 aliphatic rings. The Bertz CT molecular complexity index is 297. The smallest absolute Gasteiger partial charge is 0.248 e. The number of primary amides is 1. The number of aliphatic hydroxyl groups excluding tert-OH is 1. The van der Waals surface area contributed by atoms with E-state index in [-0.39, 0.29) is 6.61 Å². The van der Waals surface area contributed by atoms with Crippen molar-refractivity contribution in [3.63, 3.8) is 0 Å². The normalized spacial score (nSPS) is 9.92. The van der Waals surface area contributed by atoms with E-state index in [0.29, 0.717) is 12.0 Å². The van der Waals surface area contributed by atoms with Gasteiger partial charge in [0.2, 0.25) is 5.91 Å². The monoisotopic (exact) mass is 178 g/mol. The van der Waals surface area contributed by atoms with Crippen molar-refractivity contribution in [2.24, 2.45) is 5.73 Å². The van der Waals surface area contributed by atoms with E-state index in [0.717, 1.165) is 5.56 Å². The van der Waals surface area contributed by atoms with E-state index in [2.05, 4.69) is 0 Å². The summed E-state index contributed by atoms with van der Waals surface area (Å²) in [5.41, 5.74) is 6.44. The number of carbonyl (C=O) groups excluding carboxylic acids is 1. The summed E-state index contributed by atoms with van der Waals surface area (Å²) >= 11 is 0. The molecule has 0 unspecified atom stereocenters. The van der Waals surface area contributed by atoms with Crippen LogP contribution in [-0.4, -0.2) is 17.6 Å². The van der Waals surface area contributed by atoms with Gasteiger partial charge < -0.3 is 10.8 Å². The third-order valence-corrected chi connectivity index (χ3v) is 1.72. The van der Waals surface area contributed by atoms with Crippen molar-refractivity contribution in [1.29, 1.82) is 0 Å². The minimum Gasteiger partial charge on any atom is -0.396 e. The largest absolute Gasteiger partial charge is 0.396 e. The van der Waals surface area contributed by atoms with Crippen molar-refractivity contribution >= 4 is 5.91 Å². The maximum atomic E-state index is 10.9. The molecule has 0 heterocycles. The summed E-state index contributed by atoms with van der Waals surface area (Å²) in [6, 6.07) is 7.06. The van der Waals surface area contributed by atoms with Crippen LogP contribution in [0.3, 0.4) is 0 Å². The fourth-order valence-corrected chi connectivity index (χ4v) is 1.12. The third-order valence-electron chi connectivity index (χ3n) is 1.72. The first kappa shape index (κ1) is 9.74. The van der Waals surface area contributed by atoms with E-state index in [4.69, 9.17) is 10.8 Å². The highest BCUT2D eigenvalue weighted by molar-refractivity contribution is 5.94. The van der Waals surface area contributed by atoms with Crippen LogP contribution in [0.25, 0.3) is 0 Å². The number of rotatable bonds is 4. The molecule has 69 valence electrons. The lowest BCUT2D eigenvalue weighted by Gasteiger charge is -2.03. The van der Waals surface area contributed by atoms with Crippen molar-refractivity contribution in [2.45, 2.75) is 6.42 Å². The molecule has 3 nitrogen and oxygen atoms in total. The summed E-state index contributed by atoms with van der Waals surface area (Å²) in [6.07, 6.45) is 2.32. The Labute approximate surface area is 77.2 Å². The molecular weight excluding hydrogens is 166 g/mol. The van der Waals surface area contributed by atoms with E-state index in [1.54, 1.807) is 24.6 Å². The highest BCUT2D eigenvalue weighted by atomic mass is 16.2. The average molecular weight is 178 g/mol. The molecule has 0 spiro atoms. The Morgan fingerprint density at radius 1 is 1.46 bits per heavy atom. The second-order valence-corrected chi connectivity index (χ2v) is 2.67. The van der Waals surface area contributed by atoms with Crippen LogP contribution in [0.15, 0.2) is 24.3 Å². The molecule has 0 aliphatic heterocycles. The van der Waals surface area contributed by atoms with Crippen LogP contribution >= 0.6 is 0 Å². The molecule has 0 aromatic heterocycles. The standard InChI is InChI=1S/C10H12NO2/c11-10(13)9-6-2-1-4-8(9)5-3-7-12/h1-2,4-6,12H,3,7H2,(H2,11,13). The van der Waals surface area contributed by atoms with Crippen LogP contribution in [0.4, 0.5) is 0 Å². The molecule has 1 radical (unpaired) electrons. The number of aliphatic hydroxyl groups is 1. The van der Waals surface area contributed by atoms with Gasteiger partial charge >= 0.3 is 0 Å². The van der Waals surface area contributed by atoms with E-state index >= 15 is 0 Å². The Kier molecular flexibility index (Phi) is 3.46. The summed E-state index contributed by atoms with van der Waals surface area (Å²) in [5.74, 6) is -0.440. The lowest BCUT2D eigenvalue weighted by molar-refractivity contribution is 0.0999. The van der Waals surface area contributed by atoms with Gasteiger partial charge in [-0.2, -0.15) is 0 Å². The fraction of sp³-hybridized carbons (Fsp3) is 0.200. The molecule has 3 heteroatoms. The van der Waals surface area contributed by atoms with Crippen LogP contribution in [0, 0.1) is 6.42 Å². The van der Waals surface area contributed by atoms with E-state index < -0.39 is 5.91 Å². The molecule has 3 N–H and O–H groups in total. The molecule has 0 atom stereocenters. The SMILES string of the molecule is NC(=O)c1ccccc1[CH]CCO. The molecule has 0 saturated carbocycles. The van der Waals surface area contributed by atoms with Crippen LogP contribution in [0.5, 0.6) is 0 Å². The van der Waals surface area contributed by atoms with Crippen molar-refractivity contribution in [3.05, 3.63) is 41.8 Å². The topological polar surface area (TPSA) is 63.3 Å². The van der Waals surface area contributed by atoms with Gasteiger partial charge in [0.25, 0.3) is 0 Å². The van der Waals surface area contributed by atoms with Crippen LogP contribution in [-0.2, 0) is 0 Å². The fourth-order valence-electron chi connectivity index (χ4n) is 1.12. The molecule has 1 aromatic rings. The highest BCUT2D eigenvalue weighted by Crippen LogP contribution is 2.11. The van der Waals surface area contributed by atoms with Gasteiger partial charge in [0.1, 0.15) is 0 Å². The van der Waals surface area contributed by atoms with Crippen molar-refractivity contribution in [2.75, 3.05) is 6.61 Å². The van der Waals surface area contributed by atoms with E-state index in [1.165, 1.54) is 0 Å². The molecule has 0 saturated heterocycles. The van der Waals surface area contributed by atoms with Crippen molar-refractivity contribution in [1.82, 2.24) is 0 Å². The van der Waals surface area contributed by atoms with E-state index in [9.17, 15) is 4.79 Å². The molecule has 0 aliphatic carbocycles. The lowest BCUT2D eigenvalue weighted by atomic mass is 10.0. The molecule has 1 rings (SSSR count). The average Bonchev–Trinajstić information content (AvgIpc) is 2.15. The predicted molar refractivity (Wildman–Crippen MR) is 50.1 cm³/mol. The zero-order valence-electron chi connectivity index (χ0n) is 7.23. The molecule has 0 fully saturated rings. The first-order valence-corrected chi connectivity index (χ1v) is 4.08. The number of hydrogen-bond donors (Lipinski definition) is 2. The number of carbonyl (C=O) groups is 1. The maximum absolute atomic E-state index is 10.9. The van der Waals surface area contributed by atoms with Crippen molar-refractivity contribution in [3.8, 4) is 0 Å². The number of amides is 1. The lowest BCUT2D eigenvalue weighted by Crippen LogP contribution is -2.13. The van der Waals surface area contributed by atoms with Gasteiger partial charge in [-0.1, -0.05) is 18.2 Å². The minimum absolute atomic E-state index is 0.0765. The Morgan fingerprint density at radius 3 is 2.77 bits per heavy atom. The zero-order chi connectivity index (χ0) is 9.68. The first-order valence-electron chi connectivity index (χ1n) is 4.08. The second kappa shape index (κ2) is 4.62. The third kappa shape index (κ3) is 2.56. The van der Waals surface area contributed by atoms with Crippen molar-refractivity contribution < 1.29 is 9.90 Å². The van der Waals surface area contributed by atoms with Crippen LogP contribution in [0.1, 0.15) is 22.3 Å². The van der Waals surface area contributed by atoms with E-state index in [1.807, 2.05) is 6.07 Å². The summed E-state index contributed by atoms with van der Waals surface area (Å²) in [5, 5.41) is 8.61. The summed E-state index contributed by atoms with van der Waals surface area (Å²) in [4.78, 5) is 10.9. The van der Waals surface area contributed by atoms with Crippen LogP contribution in [0.2, 0.25) is 0 Å². The molecular formula is C10H12NO2. The Hall–Kier alpha value is -1.35. The van der Waals surface area contributed by atoms with Gasteiger partial charge in [-0.3, -0.25) is 4.79 Å². The first-order chi connectivity index (χ1) is 6.25. The van der Waals surface area contributed by atoms with Gasteiger partial charge in [-0.15, -0.1) is 0 Å². The van der Waals surface area contributed by atoms with Gasteiger partial charge in [-0.05, 0) is 24.5 Å². The Morgan fingerprint density at radius 2 is 2.15 bits per heavy atom. The second-order valence-electron chi connectivity index (χ2n) is 2.67. The summed E-state index contributed by atoms with van der Waals surface area (Å²) in [7, 11) is 0. The molecule has 13 heavy (non-hydrogen) atoms. The van der Waals surface area contributed by atoms with Gasteiger partial charge in [0.15, 0.2) is 0 Å². The quantitative estimate of drug-likeness (QED) is 0.713. The van der Waals surface area contributed by atoms with Gasteiger partial charge in [0, 0.05) is 12.2 Å². The number of hydrogen-bond acceptors (Lipinski definition) is 2. The Balaban J connectivity index is 2.84. The number of nitrogens with two attached hydrogens (primary N) is 1. The summed E-state index contributed by atoms with van der Waals surface area (Å²) < 4.78 is 0. The summed E-state index contributed by atoms with van der Waals surface area (Å²) in [6.45, 7) is 0.0765. The number of benzene rings is 1. The zero-order valence-corrected chi connectivity index (χ0v) is 7.23. The predicted octanol–water partition coefficient (Wildman–Crippen LogP) is 0.720. The molecule has 1 aromatic carbocycles. The minimum atomic E-state index is -0.440. The highest BCUT2D eigenvalue weighted by Gasteiger charge is 2.05. The van der Waals surface area contributed by atoms with Gasteiger partial charge in [0.05, 0.1) is 0 Å². The molecule has 0 bridgehead atoms. The van der Waals surface area contributed by atoms with Crippen LogP contribution < -0.4 is 5.73 Å². The maximum Gasteiger partial charge on any atom is 0.248 e.